The summed E-state index contributed by atoms with van der Waals surface area (Å²) < 4.78 is 2.98. The minimum absolute atomic E-state index is 0.366. The number of rotatable bonds is 2. The molecule has 0 radical (unpaired) electrons. The second-order valence-electron chi connectivity index (χ2n) is 4.62. The lowest BCUT2D eigenvalue weighted by atomic mass is 10.1. The van der Waals surface area contributed by atoms with Crippen LogP contribution in [0.1, 0.15) is 30.1 Å². The third-order valence-electron chi connectivity index (χ3n) is 3.42. The zero-order valence-corrected chi connectivity index (χ0v) is 11.9. The molecule has 1 aliphatic rings. The van der Waals surface area contributed by atoms with E-state index in [0.717, 1.165) is 23.1 Å². The summed E-state index contributed by atoms with van der Waals surface area (Å²) in [5.41, 5.74) is 2.83. The van der Waals surface area contributed by atoms with Crippen LogP contribution in [-0.4, -0.2) is 16.1 Å². The molecule has 5 heteroatoms. The Kier molecular flexibility index (Phi) is 3.36. The molecule has 1 saturated heterocycles. The van der Waals surface area contributed by atoms with Crippen LogP contribution in [0.3, 0.4) is 0 Å². The Labute approximate surface area is 120 Å². The molecule has 2 heterocycles. The van der Waals surface area contributed by atoms with E-state index in [1.807, 2.05) is 30.7 Å². The number of hydrogen-bond donors (Lipinski definition) is 1. The molecule has 96 valence electrons. The van der Waals surface area contributed by atoms with Crippen LogP contribution in [-0.2, 0) is 0 Å². The summed E-state index contributed by atoms with van der Waals surface area (Å²) in [6.45, 7) is 1.06. The van der Waals surface area contributed by atoms with Gasteiger partial charge in [0.15, 0.2) is 0 Å². The minimum Gasteiger partial charge on any atom is -0.309 e. The summed E-state index contributed by atoms with van der Waals surface area (Å²) in [5.74, 6) is 0. The van der Waals surface area contributed by atoms with Crippen molar-refractivity contribution < 1.29 is 0 Å². The third-order valence-corrected chi connectivity index (χ3v) is 4.06. The monoisotopic (exact) mass is 316 g/mol. The lowest BCUT2D eigenvalue weighted by Gasteiger charge is -2.15. The zero-order valence-electron chi connectivity index (χ0n) is 10.3. The lowest BCUT2D eigenvalue weighted by molar-refractivity contribution is 0.615. The molecule has 2 aromatic rings. The fourth-order valence-electron chi connectivity index (χ4n) is 2.47. The van der Waals surface area contributed by atoms with Crippen LogP contribution in [0, 0.1) is 11.3 Å². The van der Waals surface area contributed by atoms with Gasteiger partial charge in [0.05, 0.1) is 35.5 Å². The molecular weight excluding hydrogens is 304 g/mol. The predicted molar refractivity (Wildman–Crippen MR) is 76.0 cm³/mol. The number of aromatic nitrogens is 2. The summed E-state index contributed by atoms with van der Waals surface area (Å²) in [6, 6.07) is 8.12. The Hall–Kier alpha value is -1.64. The van der Waals surface area contributed by atoms with Crippen molar-refractivity contribution in [3.05, 3.63) is 46.5 Å². The van der Waals surface area contributed by atoms with Crippen molar-refractivity contribution in [2.75, 3.05) is 6.54 Å². The summed E-state index contributed by atoms with van der Waals surface area (Å²) >= 11 is 3.53. The second-order valence-corrected chi connectivity index (χ2v) is 5.47. The number of imidazole rings is 1. The molecule has 0 aliphatic carbocycles. The highest BCUT2D eigenvalue weighted by Crippen LogP contribution is 2.28. The van der Waals surface area contributed by atoms with Gasteiger partial charge >= 0.3 is 0 Å². The molecule has 1 atom stereocenters. The molecule has 0 amide bonds. The topological polar surface area (TPSA) is 53.6 Å². The first-order chi connectivity index (χ1) is 9.29. The predicted octanol–water partition coefficient (Wildman–Crippen LogP) is 2.93. The maximum Gasteiger partial charge on any atom is 0.0995 e. The van der Waals surface area contributed by atoms with E-state index in [9.17, 15) is 0 Å². The van der Waals surface area contributed by atoms with Gasteiger partial charge in [-0.15, -0.1) is 0 Å². The van der Waals surface area contributed by atoms with Gasteiger partial charge in [0.2, 0.25) is 0 Å². The van der Waals surface area contributed by atoms with Gasteiger partial charge in [-0.05, 0) is 53.5 Å². The Morgan fingerprint density at radius 2 is 2.37 bits per heavy atom. The number of nitrogens with one attached hydrogen (secondary N) is 1. The SMILES string of the molecule is N#Cc1ccc(-n2cncc2C2CCCN2)c(Br)c1. The number of halogens is 1. The van der Waals surface area contributed by atoms with Gasteiger partial charge in [-0.3, -0.25) is 0 Å². The van der Waals surface area contributed by atoms with Crippen LogP contribution in [0.5, 0.6) is 0 Å². The van der Waals surface area contributed by atoms with E-state index < -0.39 is 0 Å². The van der Waals surface area contributed by atoms with E-state index in [2.05, 4.69) is 36.9 Å². The molecule has 1 fully saturated rings. The molecule has 0 saturated carbocycles. The molecule has 4 nitrogen and oxygen atoms in total. The van der Waals surface area contributed by atoms with Crippen molar-refractivity contribution in [3.8, 4) is 11.8 Å². The van der Waals surface area contributed by atoms with Crippen LogP contribution in [0.4, 0.5) is 0 Å². The molecule has 1 aromatic heterocycles. The summed E-state index contributed by atoms with van der Waals surface area (Å²) in [4.78, 5) is 4.26. The third kappa shape index (κ3) is 2.29. The molecule has 3 rings (SSSR count). The average molecular weight is 317 g/mol. The first-order valence-electron chi connectivity index (χ1n) is 6.25. The summed E-state index contributed by atoms with van der Waals surface area (Å²) in [6.07, 6.45) is 6.07. The van der Waals surface area contributed by atoms with E-state index in [4.69, 9.17) is 5.26 Å². The quantitative estimate of drug-likeness (QED) is 0.926. The van der Waals surface area contributed by atoms with Crippen molar-refractivity contribution >= 4 is 15.9 Å². The smallest absolute Gasteiger partial charge is 0.0995 e. The number of nitriles is 1. The maximum absolute atomic E-state index is 8.91. The standard InChI is InChI=1S/C14H13BrN4/c15-11-6-10(7-16)3-4-13(11)19-9-17-8-14(19)12-2-1-5-18-12/h3-4,6,8-9,12,18H,1-2,5H2. The Balaban J connectivity index is 2.03. The Morgan fingerprint density at radius 3 is 3.05 bits per heavy atom. The van der Waals surface area contributed by atoms with Crippen LogP contribution in [0.2, 0.25) is 0 Å². The molecular formula is C14H13BrN4. The van der Waals surface area contributed by atoms with Crippen LogP contribution in [0.15, 0.2) is 35.2 Å². The summed E-state index contributed by atoms with van der Waals surface area (Å²) in [7, 11) is 0. The molecule has 0 bridgehead atoms. The first kappa shape index (κ1) is 12.4. The average Bonchev–Trinajstić information content (AvgIpc) is 3.08. The number of hydrogen-bond acceptors (Lipinski definition) is 3. The zero-order chi connectivity index (χ0) is 13.2. The van der Waals surface area contributed by atoms with Crippen molar-refractivity contribution in [1.82, 2.24) is 14.9 Å². The Bertz CT molecular complexity index is 635. The van der Waals surface area contributed by atoms with Crippen LogP contribution in [0.25, 0.3) is 5.69 Å². The molecule has 1 N–H and O–H groups in total. The van der Waals surface area contributed by atoms with E-state index in [-0.39, 0.29) is 0 Å². The highest BCUT2D eigenvalue weighted by Gasteiger charge is 2.20. The number of benzene rings is 1. The van der Waals surface area contributed by atoms with Gasteiger partial charge in [-0.2, -0.15) is 5.26 Å². The van der Waals surface area contributed by atoms with Gasteiger partial charge in [0.1, 0.15) is 0 Å². The van der Waals surface area contributed by atoms with Crippen molar-refractivity contribution in [3.63, 3.8) is 0 Å². The lowest BCUT2D eigenvalue weighted by Crippen LogP contribution is -2.16. The highest BCUT2D eigenvalue weighted by atomic mass is 79.9. The molecule has 19 heavy (non-hydrogen) atoms. The van der Waals surface area contributed by atoms with Crippen LogP contribution < -0.4 is 5.32 Å². The van der Waals surface area contributed by atoms with Gasteiger partial charge in [0, 0.05) is 10.5 Å². The second kappa shape index (κ2) is 5.16. The van der Waals surface area contributed by atoms with Gasteiger partial charge in [-0.25, -0.2) is 4.98 Å². The highest BCUT2D eigenvalue weighted by molar-refractivity contribution is 9.10. The van der Waals surface area contributed by atoms with E-state index in [1.54, 1.807) is 0 Å². The normalized spacial score (nSPS) is 18.4. The van der Waals surface area contributed by atoms with E-state index in [1.165, 1.54) is 12.1 Å². The van der Waals surface area contributed by atoms with Crippen molar-refractivity contribution in [2.24, 2.45) is 0 Å². The Morgan fingerprint density at radius 1 is 1.47 bits per heavy atom. The largest absolute Gasteiger partial charge is 0.309 e. The van der Waals surface area contributed by atoms with Crippen molar-refractivity contribution in [1.29, 1.82) is 5.26 Å². The maximum atomic E-state index is 8.91. The molecule has 1 aliphatic heterocycles. The first-order valence-corrected chi connectivity index (χ1v) is 7.04. The van der Waals surface area contributed by atoms with Gasteiger partial charge < -0.3 is 9.88 Å². The molecule has 1 aromatic carbocycles. The molecule has 0 spiro atoms. The van der Waals surface area contributed by atoms with Crippen LogP contribution >= 0.6 is 15.9 Å². The van der Waals surface area contributed by atoms with E-state index >= 15 is 0 Å². The minimum atomic E-state index is 0.366. The van der Waals surface area contributed by atoms with Gasteiger partial charge in [-0.1, -0.05) is 0 Å². The van der Waals surface area contributed by atoms with Crippen molar-refractivity contribution in [2.45, 2.75) is 18.9 Å². The number of nitrogens with zero attached hydrogens (tertiary/aromatic N) is 3. The fraction of sp³-hybridized carbons (Fsp3) is 0.286. The fourth-order valence-corrected chi connectivity index (χ4v) is 3.04. The summed E-state index contributed by atoms with van der Waals surface area (Å²) in [5, 5.41) is 12.4. The molecule has 1 unspecified atom stereocenters. The van der Waals surface area contributed by atoms with E-state index in [0.29, 0.717) is 11.6 Å². The van der Waals surface area contributed by atoms with Gasteiger partial charge in [0.25, 0.3) is 0 Å².